The Kier molecular flexibility index (Phi) is 5.36. The number of carbonyl (C=O) groups excluding carboxylic acids is 1. The van der Waals surface area contributed by atoms with E-state index in [1.54, 1.807) is 13.0 Å². The van der Waals surface area contributed by atoms with Gasteiger partial charge in [0.15, 0.2) is 18.5 Å². The number of rotatable bonds is 5. The molecule has 0 fully saturated rings. The maximum absolute atomic E-state index is 12.1. The van der Waals surface area contributed by atoms with Gasteiger partial charge in [-0.25, -0.2) is 4.79 Å². The average Bonchev–Trinajstić information content (AvgIpc) is 2.50. The normalized spacial score (nSPS) is 25.1. The largest absolute Gasteiger partial charge is 0.483 e. The van der Waals surface area contributed by atoms with Crippen molar-refractivity contribution >= 4 is 5.97 Å². The molecule has 0 unspecified atom stereocenters. The number of methoxy groups -OCH3 is 1. The van der Waals surface area contributed by atoms with Gasteiger partial charge < -0.3 is 18.9 Å². The van der Waals surface area contributed by atoms with Crippen LogP contribution in [0.15, 0.2) is 42.0 Å². The fourth-order valence-corrected chi connectivity index (χ4v) is 2.13. The summed E-state index contributed by atoms with van der Waals surface area (Å²) in [4.78, 5) is 12.1. The van der Waals surface area contributed by atoms with Gasteiger partial charge in [0.2, 0.25) is 0 Å². The van der Waals surface area contributed by atoms with Gasteiger partial charge in [0.1, 0.15) is 5.75 Å². The van der Waals surface area contributed by atoms with E-state index in [1.165, 1.54) is 7.11 Å². The van der Waals surface area contributed by atoms with Crippen LogP contribution in [0.1, 0.15) is 13.8 Å². The minimum atomic E-state index is -0.847. The molecule has 0 saturated heterocycles. The Morgan fingerprint density at radius 3 is 2.62 bits per heavy atom. The van der Waals surface area contributed by atoms with Crippen molar-refractivity contribution in [2.45, 2.75) is 32.3 Å². The van der Waals surface area contributed by atoms with Crippen LogP contribution in [0.4, 0.5) is 0 Å². The molecule has 21 heavy (non-hydrogen) atoms. The molecule has 0 aromatic heterocycles. The van der Waals surface area contributed by atoms with E-state index in [0.717, 1.165) is 5.57 Å². The van der Waals surface area contributed by atoms with Gasteiger partial charge in [0.25, 0.3) is 0 Å². The maximum atomic E-state index is 12.1. The molecule has 5 heteroatoms. The summed E-state index contributed by atoms with van der Waals surface area (Å²) in [6.07, 6.45) is -0.156. The molecule has 0 radical (unpaired) electrons. The lowest BCUT2D eigenvalue weighted by molar-refractivity contribution is -0.190. The van der Waals surface area contributed by atoms with Crippen molar-refractivity contribution in [3.8, 4) is 5.75 Å². The lowest BCUT2D eigenvalue weighted by Gasteiger charge is -2.33. The maximum Gasteiger partial charge on any atom is 0.339 e. The Hall–Kier alpha value is -1.85. The summed E-state index contributed by atoms with van der Waals surface area (Å²) in [5.41, 5.74) is 0.870. The second kappa shape index (κ2) is 7.24. The number of benzene rings is 1. The molecule has 0 spiro atoms. The Morgan fingerprint density at radius 2 is 2.00 bits per heavy atom. The number of carbonyl (C=O) groups is 1. The third kappa shape index (κ3) is 3.83. The number of hydrogen-bond acceptors (Lipinski definition) is 5. The van der Waals surface area contributed by atoms with Gasteiger partial charge in [-0.1, -0.05) is 18.2 Å². The second-order valence-corrected chi connectivity index (χ2v) is 4.68. The molecular formula is C16H20O5. The van der Waals surface area contributed by atoms with Crippen molar-refractivity contribution in [1.29, 1.82) is 0 Å². The summed E-state index contributed by atoms with van der Waals surface area (Å²) in [6.45, 7) is 3.93. The van der Waals surface area contributed by atoms with Crippen molar-refractivity contribution in [3.05, 3.63) is 42.0 Å². The van der Waals surface area contributed by atoms with E-state index in [2.05, 4.69) is 0 Å². The van der Waals surface area contributed by atoms with Gasteiger partial charge in [0.05, 0.1) is 6.61 Å². The smallest absolute Gasteiger partial charge is 0.339 e. The monoisotopic (exact) mass is 292 g/mol. The summed E-state index contributed by atoms with van der Waals surface area (Å²) in [5, 5.41) is 0. The van der Waals surface area contributed by atoms with Crippen LogP contribution in [0, 0.1) is 0 Å². The van der Waals surface area contributed by atoms with E-state index < -0.39 is 24.5 Å². The lowest BCUT2D eigenvalue weighted by Crippen LogP contribution is -2.47. The average molecular weight is 292 g/mol. The summed E-state index contributed by atoms with van der Waals surface area (Å²) in [6, 6.07) is 9.30. The third-order valence-corrected chi connectivity index (χ3v) is 3.16. The first kappa shape index (κ1) is 15.5. The highest BCUT2D eigenvalue weighted by Crippen LogP contribution is 2.26. The van der Waals surface area contributed by atoms with Gasteiger partial charge in [-0.2, -0.15) is 0 Å². The molecule has 1 heterocycles. The zero-order chi connectivity index (χ0) is 15.2. The lowest BCUT2D eigenvalue weighted by atomic mass is 10.0. The molecule has 5 nitrogen and oxygen atoms in total. The molecule has 0 N–H and O–H groups in total. The molecule has 0 bridgehead atoms. The standard InChI is InChI=1S/C16H20O5/c1-4-19-16(17)15-14(11(2)10-13(18-3)21-15)20-12-8-6-5-7-9-12/h5-10,13-15H,4H2,1-3H3/t13-,14+,15+/m0/s1. The molecule has 1 aliphatic heterocycles. The Labute approximate surface area is 124 Å². The van der Waals surface area contributed by atoms with Crippen molar-refractivity contribution in [1.82, 2.24) is 0 Å². The molecule has 0 saturated carbocycles. The van der Waals surface area contributed by atoms with E-state index in [1.807, 2.05) is 37.3 Å². The van der Waals surface area contributed by atoms with Crippen LogP contribution in [0.3, 0.4) is 0 Å². The zero-order valence-corrected chi connectivity index (χ0v) is 12.4. The molecule has 0 aliphatic carbocycles. The second-order valence-electron chi connectivity index (χ2n) is 4.68. The summed E-state index contributed by atoms with van der Waals surface area (Å²) < 4.78 is 21.7. The van der Waals surface area contributed by atoms with Crippen molar-refractivity contribution in [2.75, 3.05) is 13.7 Å². The summed E-state index contributed by atoms with van der Waals surface area (Å²) >= 11 is 0. The molecule has 1 aliphatic rings. The van der Waals surface area contributed by atoms with Crippen LogP contribution >= 0.6 is 0 Å². The molecule has 2 rings (SSSR count). The number of esters is 1. The fraction of sp³-hybridized carbons (Fsp3) is 0.438. The predicted molar refractivity (Wildman–Crippen MR) is 76.9 cm³/mol. The number of para-hydroxylation sites is 1. The Bertz CT molecular complexity index is 497. The van der Waals surface area contributed by atoms with E-state index in [4.69, 9.17) is 18.9 Å². The highest BCUT2D eigenvalue weighted by atomic mass is 16.7. The van der Waals surface area contributed by atoms with Gasteiger partial charge in [0, 0.05) is 7.11 Å². The number of ether oxygens (including phenoxy) is 4. The van der Waals surface area contributed by atoms with Crippen molar-refractivity contribution < 1.29 is 23.7 Å². The number of hydrogen-bond donors (Lipinski definition) is 0. The third-order valence-electron chi connectivity index (χ3n) is 3.16. The van der Waals surface area contributed by atoms with E-state index >= 15 is 0 Å². The highest BCUT2D eigenvalue weighted by Gasteiger charge is 2.39. The summed E-state index contributed by atoms with van der Waals surface area (Å²) in [5.74, 6) is 0.219. The van der Waals surface area contributed by atoms with Gasteiger partial charge in [-0.05, 0) is 37.6 Å². The van der Waals surface area contributed by atoms with Gasteiger partial charge in [-0.3, -0.25) is 0 Å². The molecule has 1 aromatic rings. The molecule has 1 aromatic carbocycles. The molecular weight excluding hydrogens is 272 g/mol. The predicted octanol–water partition coefficient (Wildman–Crippen LogP) is 2.31. The van der Waals surface area contributed by atoms with Crippen LogP contribution in [0.25, 0.3) is 0 Å². The minimum absolute atomic E-state index is 0.289. The van der Waals surface area contributed by atoms with Gasteiger partial charge >= 0.3 is 5.97 Å². The zero-order valence-electron chi connectivity index (χ0n) is 12.4. The van der Waals surface area contributed by atoms with E-state index in [-0.39, 0.29) is 6.61 Å². The first-order valence-corrected chi connectivity index (χ1v) is 6.90. The quantitative estimate of drug-likeness (QED) is 0.616. The van der Waals surface area contributed by atoms with Crippen LogP contribution in [-0.2, 0) is 19.0 Å². The molecule has 114 valence electrons. The molecule has 3 atom stereocenters. The van der Waals surface area contributed by atoms with Crippen LogP contribution in [0.5, 0.6) is 5.75 Å². The van der Waals surface area contributed by atoms with E-state index in [0.29, 0.717) is 5.75 Å². The van der Waals surface area contributed by atoms with Crippen LogP contribution in [-0.4, -0.2) is 38.2 Å². The van der Waals surface area contributed by atoms with Crippen molar-refractivity contribution in [3.63, 3.8) is 0 Å². The minimum Gasteiger partial charge on any atom is -0.483 e. The summed E-state index contributed by atoms with van der Waals surface area (Å²) in [7, 11) is 1.52. The topological polar surface area (TPSA) is 54.0 Å². The van der Waals surface area contributed by atoms with Crippen molar-refractivity contribution in [2.24, 2.45) is 0 Å². The van der Waals surface area contributed by atoms with Crippen LogP contribution < -0.4 is 4.74 Å². The fourth-order valence-electron chi connectivity index (χ4n) is 2.13. The Morgan fingerprint density at radius 1 is 1.29 bits per heavy atom. The first-order valence-electron chi connectivity index (χ1n) is 6.90. The van der Waals surface area contributed by atoms with E-state index in [9.17, 15) is 4.79 Å². The molecule has 0 amide bonds. The first-order chi connectivity index (χ1) is 10.2. The SMILES string of the molecule is CCOC(=O)[C@@H]1O[C@H](OC)C=C(C)[C@H]1Oc1ccccc1. The Balaban J connectivity index is 2.22. The highest BCUT2D eigenvalue weighted by molar-refractivity contribution is 5.76. The van der Waals surface area contributed by atoms with Gasteiger partial charge in [-0.15, -0.1) is 0 Å². The van der Waals surface area contributed by atoms with Crippen LogP contribution in [0.2, 0.25) is 0 Å².